The first kappa shape index (κ1) is 12.8. The third-order valence-electron chi connectivity index (χ3n) is 2.57. The summed E-state index contributed by atoms with van der Waals surface area (Å²) < 4.78 is 19.4. The van der Waals surface area contributed by atoms with Crippen LogP contribution in [0.3, 0.4) is 0 Å². The molecule has 2 rings (SSSR count). The normalized spacial score (nSPS) is 10.7. The Morgan fingerprint density at radius 1 is 1.50 bits per heavy atom. The summed E-state index contributed by atoms with van der Waals surface area (Å²) in [6, 6.07) is 2.76. The molecule has 0 aliphatic heterocycles. The minimum atomic E-state index is -1.18. The van der Waals surface area contributed by atoms with E-state index in [0.29, 0.717) is 5.56 Å². The van der Waals surface area contributed by atoms with Gasteiger partial charge in [0.25, 0.3) is 0 Å². The molecule has 0 atom stereocenters. The highest BCUT2D eigenvalue weighted by atomic mass is 79.9. The van der Waals surface area contributed by atoms with E-state index in [4.69, 9.17) is 9.84 Å². The van der Waals surface area contributed by atoms with Crippen molar-refractivity contribution in [2.45, 2.75) is 6.92 Å². The number of fused-ring (bicyclic) bond motifs is 1. The molecule has 4 nitrogen and oxygen atoms in total. The number of nitrogens with zero attached hydrogens (tertiary/aromatic N) is 1. The summed E-state index contributed by atoms with van der Waals surface area (Å²) in [5.74, 6) is -1.55. The van der Waals surface area contributed by atoms with E-state index in [1.165, 1.54) is 13.2 Å². The van der Waals surface area contributed by atoms with Gasteiger partial charge in [0, 0.05) is 6.07 Å². The SMILES string of the molecule is COc1cc(C(=O)O)nc2c(C)cc(Br)c(F)c12. The highest BCUT2D eigenvalue weighted by Crippen LogP contribution is 2.34. The van der Waals surface area contributed by atoms with Crippen molar-refractivity contribution in [1.29, 1.82) is 0 Å². The summed E-state index contributed by atoms with van der Waals surface area (Å²) in [7, 11) is 1.36. The number of ether oxygens (including phenoxy) is 1. The fraction of sp³-hybridized carbons (Fsp3) is 0.167. The molecular weight excluding hydrogens is 305 g/mol. The second-order valence-electron chi connectivity index (χ2n) is 3.73. The van der Waals surface area contributed by atoms with Gasteiger partial charge in [-0.25, -0.2) is 14.2 Å². The van der Waals surface area contributed by atoms with Crippen LogP contribution in [0.1, 0.15) is 16.1 Å². The van der Waals surface area contributed by atoms with E-state index in [1.807, 2.05) is 0 Å². The first-order chi connectivity index (χ1) is 8.45. The number of aromatic nitrogens is 1. The number of carboxylic acids is 1. The first-order valence-corrected chi connectivity index (χ1v) is 5.81. The Hall–Kier alpha value is -1.69. The molecule has 1 N–H and O–H groups in total. The Morgan fingerprint density at radius 3 is 2.72 bits per heavy atom. The van der Waals surface area contributed by atoms with Gasteiger partial charge in [0.15, 0.2) is 11.5 Å². The van der Waals surface area contributed by atoms with Gasteiger partial charge in [-0.1, -0.05) is 0 Å². The topological polar surface area (TPSA) is 59.4 Å². The van der Waals surface area contributed by atoms with Crippen molar-refractivity contribution in [3.8, 4) is 5.75 Å². The summed E-state index contributed by atoms with van der Waals surface area (Å²) in [6.45, 7) is 1.73. The van der Waals surface area contributed by atoms with Crippen molar-refractivity contribution >= 4 is 32.8 Å². The Bertz CT molecular complexity index is 658. The van der Waals surface area contributed by atoms with E-state index < -0.39 is 11.8 Å². The van der Waals surface area contributed by atoms with Crippen LogP contribution in [0.15, 0.2) is 16.6 Å². The van der Waals surface area contributed by atoms with Crippen LogP contribution in [0.4, 0.5) is 4.39 Å². The lowest BCUT2D eigenvalue weighted by molar-refractivity contribution is 0.0690. The fourth-order valence-electron chi connectivity index (χ4n) is 1.73. The lowest BCUT2D eigenvalue weighted by Gasteiger charge is -2.10. The number of carbonyl (C=O) groups is 1. The summed E-state index contributed by atoms with van der Waals surface area (Å²) >= 11 is 3.10. The lowest BCUT2D eigenvalue weighted by Crippen LogP contribution is -2.03. The van der Waals surface area contributed by atoms with Gasteiger partial charge < -0.3 is 9.84 Å². The molecule has 0 fully saturated rings. The molecule has 0 aliphatic rings. The highest BCUT2D eigenvalue weighted by molar-refractivity contribution is 9.10. The van der Waals surface area contributed by atoms with Crippen LogP contribution < -0.4 is 4.74 Å². The maximum atomic E-state index is 14.0. The summed E-state index contributed by atoms with van der Waals surface area (Å²) in [6.07, 6.45) is 0. The zero-order chi connectivity index (χ0) is 13.4. The molecule has 0 saturated heterocycles. The van der Waals surface area contributed by atoms with Gasteiger partial charge in [-0.2, -0.15) is 0 Å². The van der Waals surface area contributed by atoms with Gasteiger partial charge in [0.1, 0.15) is 5.75 Å². The van der Waals surface area contributed by atoms with Crippen LogP contribution in [0.2, 0.25) is 0 Å². The Kier molecular flexibility index (Phi) is 3.21. The van der Waals surface area contributed by atoms with Crippen molar-refractivity contribution in [1.82, 2.24) is 4.98 Å². The molecule has 6 heteroatoms. The molecule has 94 valence electrons. The number of hydrogen-bond donors (Lipinski definition) is 1. The maximum absolute atomic E-state index is 14.0. The molecule has 0 unspecified atom stereocenters. The van der Waals surface area contributed by atoms with Gasteiger partial charge in [-0.3, -0.25) is 0 Å². The molecule has 0 radical (unpaired) electrons. The second-order valence-corrected chi connectivity index (χ2v) is 4.58. The minimum absolute atomic E-state index is 0.152. The van der Waals surface area contributed by atoms with Gasteiger partial charge in [-0.05, 0) is 34.5 Å². The fourth-order valence-corrected chi connectivity index (χ4v) is 2.27. The van der Waals surface area contributed by atoms with Crippen molar-refractivity contribution in [3.63, 3.8) is 0 Å². The van der Waals surface area contributed by atoms with Crippen LogP contribution in [0, 0.1) is 12.7 Å². The standard InChI is InChI=1S/C12H9BrFNO3/c1-5-3-6(13)10(14)9-8(18-2)4-7(12(16)17)15-11(5)9/h3-4H,1-2H3,(H,16,17). The average molecular weight is 314 g/mol. The third kappa shape index (κ3) is 1.92. The number of rotatable bonds is 2. The number of hydrogen-bond acceptors (Lipinski definition) is 3. The largest absolute Gasteiger partial charge is 0.496 e. The second kappa shape index (κ2) is 4.53. The minimum Gasteiger partial charge on any atom is -0.496 e. The number of benzene rings is 1. The number of aromatic carboxylic acids is 1. The Balaban J connectivity index is 2.96. The molecule has 1 aromatic heterocycles. The zero-order valence-corrected chi connectivity index (χ0v) is 11.2. The maximum Gasteiger partial charge on any atom is 0.354 e. The zero-order valence-electron chi connectivity index (χ0n) is 9.62. The number of methoxy groups -OCH3 is 1. The molecule has 0 saturated carbocycles. The van der Waals surface area contributed by atoms with E-state index in [2.05, 4.69) is 20.9 Å². The van der Waals surface area contributed by atoms with Crippen molar-refractivity contribution in [2.24, 2.45) is 0 Å². The van der Waals surface area contributed by atoms with Gasteiger partial charge in [-0.15, -0.1) is 0 Å². The molecule has 18 heavy (non-hydrogen) atoms. The molecule has 1 aromatic carbocycles. The number of aryl methyl sites for hydroxylation is 1. The summed E-state index contributed by atoms with van der Waals surface area (Å²) in [4.78, 5) is 14.9. The lowest BCUT2D eigenvalue weighted by atomic mass is 10.1. The molecule has 0 aliphatic carbocycles. The van der Waals surface area contributed by atoms with Crippen molar-refractivity contribution in [3.05, 3.63) is 33.7 Å². The number of pyridine rings is 1. The van der Waals surface area contributed by atoms with E-state index in [9.17, 15) is 9.18 Å². The number of carboxylic acid groups (broad SMARTS) is 1. The highest BCUT2D eigenvalue weighted by Gasteiger charge is 2.18. The monoisotopic (exact) mass is 313 g/mol. The smallest absolute Gasteiger partial charge is 0.354 e. The van der Waals surface area contributed by atoms with Crippen LogP contribution >= 0.6 is 15.9 Å². The quantitative estimate of drug-likeness (QED) is 0.925. The summed E-state index contributed by atoms with van der Waals surface area (Å²) in [5.41, 5.74) is 0.774. The average Bonchev–Trinajstić information content (AvgIpc) is 2.34. The van der Waals surface area contributed by atoms with Gasteiger partial charge in [0.2, 0.25) is 0 Å². The van der Waals surface area contributed by atoms with Crippen molar-refractivity contribution < 1.29 is 19.0 Å². The molecule has 1 heterocycles. The van der Waals surface area contributed by atoms with Crippen LogP contribution in [-0.2, 0) is 0 Å². The Labute approximate surface area is 111 Å². The van der Waals surface area contributed by atoms with Crippen LogP contribution in [0.5, 0.6) is 5.75 Å². The summed E-state index contributed by atoms with van der Waals surface area (Å²) in [5, 5.41) is 9.13. The van der Waals surface area contributed by atoms with Crippen LogP contribution in [-0.4, -0.2) is 23.2 Å². The Morgan fingerprint density at radius 2 is 2.17 bits per heavy atom. The predicted octanol–water partition coefficient (Wildman–Crippen LogP) is 3.15. The molecule has 0 spiro atoms. The third-order valence-corrected chi connectivity index (χ3v) is 3.15. The van der Waals surface area contributed by atoms with E-state index in [-0.39, 0.29) is 26.8 Å². The van der Waals surface area contributed by atoms with Gasteiger partial charge >= 0.3 is 5.97 Å². The molecular formula is C12H9BrFNO3. The van der Waals surface area contributed by atoms with Gasteiger partial charge in [0.05, 0.1) is 22.5 Å². The predicted molar refractivity (Wildman–Crippen MR) is 67.6 cm³/mol. The van der Waals surface area contributed by atoms with E-state index in [0.717, 1.165) is 0 Å². The van der Waals surface area contributed by atoms with Crippen molar-refractivity contribution in [2.75, 3.05) is 7.11 Å². The molecule has 2 aromatic rings. The van der Waals surface area contributed by atoms with E-state index in [1.54, 1.807) is 13.0 Å². The van der Waals surface area contributed by atoms with E-state index >= 15 is 0 Å². The van der Waals surface area contributed by atoms with Crippen LogP contribution in [0.25, 0.3) is 10.9 Å². The molecule has 0 bridgehead atoms. The first-order valence-electron chi connectivity index (χ1n) is 5.02. The number of halogens is 2. The molecule has 0 amide bonds.